The Balaban J connectivity index is 0.00000100. The maximum atomic E-state index is 6.50. The molecule has 10 heteroatoms. The molecule has 1 aromatic carbocycles. The number of aromatic nitrogens is 2. The summed E-state index contributed by atoms with van der Waals surface area (Å²) in [5, 5.41) is 3.37. The molecule has 1 aliphatic heterocycles. The van der Waals surface area contributed by atoms with E-state index in [2.05, 4.69) is 42.6 Å². The molecular formula is C37H58N8O2. The van der Waals surface area contributed by atoms with Crippen LogP contribution in [0.25, 0.3) is 0 Å². The number of nitrogens with one attached hydrogen (secondary N) is 1. The minimum absolute atomic E-state index is 0.352. The van der Waals surface area contributed by atoms with Crippen molar-refractivity contribution >= 4 is 23.0 Å². The number of rotatable bonds is 12. The molecule has 0 aliphatic carbocycles. The molecule has 0 saturated carbocycles. The van der Waals surface area contributed by atoms with Crippen molar-refractivity contribution in [2.75, 3.05) is 56.7 Å². The summed E-state index contributed by atoms with van der Waals surface area (Å²) in [6.07, 6.45) is 7.02. The molecule has 5 N–H and O–H groups in total. The van der Waals surface area contributed by atoms with Gasteiger partial charge in [0, 0.05) is 39.3 Å². The highest BCUT2D eigenvalue weighted by atomic mass is 16.5. The molecule has 3 aromatic rings. The van der Waals surface area contributed by atoms with Gasteiger partial charge in [-0.1, -0.05) is 47.6 Å². The first-order chi connectivity index (χ1) is 22.7. The Morgan fingerprint density at radius 1 is 1.13 bits per heavy atom. The van der Waals surface area contributed by atoms with E-state index < -0.39 is 0 Å². The van der Waals surface area contributed by atoms with Gasteiger partial charge in [0.2, 0.25) is 5.88 Å². The van der Waals surface area contributed by atoms with Crippen LogP contribution in [0.15, 0.2) is 54.3 Å². The van der Waals surface area contributed by atoms with Crippen molar-refractivity contribution in [3.8, 4) is 17.4 Å². The van der Waals surface area contributed by atoms with Crippen molar-refractivity contribution in [1.82, 2.24) is 15.3 Å². The predicted octanol–water partition coefficient (Wildman–Crippen LogP) is 7.21. The van der Waals surface area contributed by atoms with Crippen LogP contribution in [0.2, 0.25) is 0 Å². The minimum Gasteiger partial charge on any atom is -0.493 e. The molecule has 3 heterocycles. The van der Waals surface area contributed by atoms with Crippen LogP contribution >= 0.6 is 0 Å². The zero-order valence-corrected chi connectivity index (χ0v) is 30.2. The largest absolute Gasteiger partial charge is 0.493 e. The summed E-state index contributed by atoms with van der Waals surface area (Å²) in [5.74, 6) is 3.50. The van der Waals surface area contributed by atoms with Crippen LogP contribution in [0.3, 0.4) is 0 Å². The first-order valence-electron chi connectivity index (χ1n) is 16.9. The summed E-state index contributed by atoms with van der Waals surface area (Å²) in [6, 6.07) is 9.73. The van der Waals surface area contributed by atoms with Crippen LogP contribution in [0.5, 0.6) is 17.4 Å². The molecule has 4 rings (SSSR count). The topological polar surface area (TPSA) is 127 Å². The fourth-order valence-corrected chi connectivity index (χ4v) is 4.92. The number of benzene rings is 1. The second-order valence-electron chi connectivity index (χ2n) is 11.3. The fourth-order valence-electron chi connectivity index (χ4n) is 4.92. The number of pyridine rings is 2. The number of hydrogen-bond donors (Lipinski definition) is 3. The van der Waals surface area contributed by atoms with Crippen molar-refractivity contribution in [2.24, 2.45) is 16.5 Å². The Labute approximate surface area is 283 Å². The van der Waals surface area contributed by atoms with Gasteiger partial charge in [-0.15, -0.1) is 0 Å². The number of hydrogen-bond acceptors (Lipinski definition) is 9. The zero-order chi connectivity index (χ0) is 34.9. The molecule has 10 nitrogen and oxygen atoms in total. The molecular weight excluding hydrogens is 588 g/mol. The predicted molar refractivity (Wildman–Crippen MR) is 199 cm³/mol. The molecule has 47 heavy (non-hydrogen) atoms. The van der Waals surface area contributed by atoms with Crippen LogP contribution in [0, 0.1) is 13.8 Å². The highest BCUT2D eigenvalue weighted by Crippen LogP contribution is 2.34. The second kappa shape index (κ2) is 20.2. The van der Waals surface area contributed by atoms with Crippen LogP contribution in [0.1, 0.15) is 82.2 Å². The van der Waals surface area contributed by atoms with Gasteiger partial charge in [-0.25, -0.2) is 15.0 Å². The molecule has 0 spiro atoms. The number of ether oxygens (including phenoxy) is 2. The van der Waals surface area contributed by atoms with E-state index in [-0.39, 0.29) is 0 Å². The van der Waals surface area contributed by atoms with Crippen LogP contribution in [-0.2, 0) is 0 Å². The Morgan fingerprint density at radius 3 is 2.38 bits per heavy atom. The Kier molecular flexibility index (Phi) is 16.7. The number of aliphatic imine (C=N–C) groups is 1. The van der Waals surface area contributed by atoms with Crippen molar-refractivity contribution in [1.29, 1.82) is 0 Å². The monoisotopic (exact) mass is 646 g/mol. The number of amidine groups is 1. The average Bonchev–Trinajstić information content (AvgIpc) is 3.10. The second-order valence-corrected chi connectivity index (χ2v) is 11.3. The smallest absolute Gasteiger partial charge is 0.219 e. The summed E-state index contributed by atoms with van der Waals surface area (Å²) in [6.45, 7) is 22.7. The number of anilines is 2. The van der Waals surface area contributed by atoms with E-state index in [0.29, 0.717) is 29.1 Å². The first kappa shape index (κ1) is 39.0. The third-order valence-corrected chi connectivity index (χ3v) is 7.90. The van der Waals surface area contributed by atoms with Crippen LogP contribution in [-0.4, -0.2) is 62.7 Å². The zero-order valence-electron chi connectivity index (χ0n) is 30.2. The summed E-state index contributed by atoms with van der Waals surface area (Å²) in [7, 11) is 3.64. The molecule has 0 bridgehead atoms. The van der Waals surface area contributed by atoms with Gasteiger partial charge >= 0.3 is 0 Å². The SMILES string of the molecule is C=CN(C)c1cnc(Oc2ccc(N=C(N)c3nc(N4CCNCC4)c(OC)cc3C)cc2C)cc1C(C)CC.CC.CCCCN. The van der Waals surface area contributed by atoms with E-state index in [4.69, 9.17) is 30.9 Å². The molecule has 258 valence electrons. The maximum Gasteiger partial charge on any atom is 0.219 e. The van der Waals surface area contributed by atoms with Crippen LogP contribution in [0.4, 0.5) is 17.2 Å². The van der Waals surface area contributed by atoms with E-state index in [9.17, 15) is 0 Å². The lowest BCUT2D eigenvalue weighted by Gasteiger charge is -2.30. The van der Waals surface area contributed by atoms with Crippen molar-refractivity contribution in [2.45, 2.75) is 73.6 Å². The van der Waals surface area contributed by atoms with E-state index in [1.807, 2.05) is 76.2 Å². The molecule has 1 unspecified atom stereocenters. The molecule has 1 saturated heterocycles. The van der Waals surface area contributed by atoms with Gasteiger partial charge in [0.25, 0.3) is 0 Å². The minimum atomic E-state index is 0.352. The quantitative estimate of drug-likeness (QED) is 0.138. The number of aryl methyl sites for hydroxylation is 2. The van der Waals surface area contributed by atoms with E-state index in [0.717, 1.165) is 73.2 Å². The number of methoxy groups -OCH3 is 1. The van der Waals surface area contributed by atoms with Gasteiger partial charge in [0.15, 0.2) is 11.6 Å². The fraction of sp³-hybridized carbons (Fsp3) is 0.486. The number of nitrogens with zero attached hydrogens (tertiary/aromatic N) is 5. The van der Waals surface area contributed by atoms with Crippen molar-refractivity contribution in [3.05, 3.63) is 71.7 Å². The van der Waals surface area contributed by atoms with E-state index in [1.54, 1.807) is 13.3 Å². The summed E-state index contributed by atoms with van der Waals surface area (Å²) in [4.78, 5) is 18.3. The average molecular weight is 647 g/mol. The van der Waals surface area contributed by atoms with Gasteiger partial charge in [-0.05, 0) is 86.3 Å². The third-order valence-electron chi connectivity index (χ3n) is 7.90. The number of nitrogens with two attached hydrogens (primary N) is 2. The van der Waals surface area contributed by atoms with Crippen molar-refractivity contribution < 1.29 is 9.47 Å². The normalized spacial score (nSPS) is 13.4. The molecule has 1 atom stereocenters. The first-order valence-corrected chi connectivity index (χ1v) is 16.9. The molecule has 0 amide bonds. The van der Waals surface area contributed by atoms with Gasteiger partial charge in [0.1, 0.15) is 17.3 Å². The third kappa shape index (κ3) is 11.0. The van der Waals surface area contributed by atoms with E-state index in [1.165, 1.54) is 18.4 Å². The number of piperazine rings is 1. The molecule has 2 aromatic heterocycles. The van der Waals surface area contributed by atoms with Crippen LogP contribution < -0.4 is 36.1 Å². The standard InChI is InChI=1S/C31H41N7O2.C4H11N.C2H6/c1-8-20(3)24-18-28(34-19-25(24)37(6)9-2)40-26-11-10-23(16-21(26)4)35-30(32)29-22(5)17-27(39-7)31(36-29)38-14-12-33-13-15-38;1-2-3-4-5;1-2/h9-11,16-20,33H,2,8,12-15H2,1,3-7H3,(H2,32,35);2-5H2,1H3;1-2H3. The molecule has 1 fully saturated rings. The van der Waals surface area contributed by atoms with Gasteiger partial charge in [0.05, 0.1) is 24.7 Å². The van der Waals surface area contributed by atoms with E-state index >= 15 is 0 Å². The summed E-state index contributed by atoms with van der Waals surface area (Å²) >= 11 is 0. The lowest BCUT2D eigenvalue weighted by Crippen LogP contribution is -2.44. The lowest BCUT2D eigenvalue weighted by atomic mass is 9.97. The van der Waals surface area contributed by atoms with Gasteiger partial charge < -0.3 is 36.1 Å². The Bertz CT molecular complexity index is 1430. The number of unbranched alkanes of at least 4 members (excludes halogenated alkanes) is 1. The maximum absolute atomic E-state index is 6.50. The highest BCUT2D eigenvalue weighted by molar-refractivity contribution is 5.99. The Morgan fingerprint density at radius 2 is 1.83 bits per heavy atom. The Hall–Kier alpha value is -4.15. The summed E-state index contributed by atoms with van der Waals surface area (Å²) < 4.78 is 11.8. The highest BCUT2D eigenvalue weighted by Gasteiger charge is 2.20. The molecule has 1 aliphatic rings. The van der Waals surface area contributed by atoms with Gasteiger partial charge in [-0.3, -0.25) is 0 Å². The van der Waals surface area contributed by atoms with Gasteiger partial charge in [-0.2, -0.15) is 0 Å². The summed E-state index contributed by atoms with van der Waals surface area (Å²) in [5.41, 5.74) is 17.0. The van der Waals surface area contributed by atoms with Crippen molar-refractivity contribution in [3.63, 3.8) is 0 Å². The molecule has 0 radical (unpaired) electrons. The lowest BCUT2D eigenvalue weighted by molar-refractivity contribution is 0.410.